The molecule has 0 amide bonds. The zero-order chi connectivity index (χ0) is 18.1. The predicted octanol–water partition coefficient (Wildman–Crippen LogP) is 3.12. The summed E-state index contributed by atoms with van der Waals surface area (Å²) in [4.78, 5) is 8.79. The highest BCUT2D eigenvalue weighted by molar-refractivity contribution is 6.30. The molecule has 0 aromatic heterocycles. The van der Waals surface area contributed by atoms with Gasteiger partial charge in [-0.1, -0.05) is 30.2 Å². The fourth-order valence-electron chi connectivity index (χ4n) is 3.80. The molecule has 2 aromatic carbocycles. The molecule has 0 atom stereocenters. The van der Waals surface area contributed by atoms with Crippen molar-refractivity contribution in [1.29, 1.82) is 0 Å². The maximum absolute atomic E-state index is 10.8. The van der Waals surface area contributed by atoms with Crippen LogP contribution in [0.4, 0.5) is 0 Å². The van der Waals surface area contributed by atoms with E-state index in [9.17, 15) is 5.21 Å². The average Bonchev–Trinajstić information content (AvgIpc) is 2.95. The molecule has 2 aromatic rings. The highest BCUT2D eigenvalue weighted by atomic mass is 35.5. The van der Waals surface area contributed by atoms with Gasteiger partial charge in [-0.2, -0.15) is 0 Å². The van der Waals surface area contributed by atoms with Gasteiger partial charge in [-0.25, -0.2) is 10.1 Å². The molecule has 0 spiro atoms. The Kier molecular flexibility index (Phi) is 4.79. The van der Waals surface area contributed by atoms with E-state index >= 15 is 0 Å². The second kappa shape index (κ2) is 7.22. The monoisotopic (exact) mass is 367 g/mol. The molecule has 5 heteroatoms. The molecule has 134 valence electrons. The molecule has 1 aliphatic carbocycles. The van der Waals surface area contributed by atoms with Crippen molar-refractivity contribution in [2.45, 2.75) is 32.1 Å². The van der Waals surface area contributed by atoms with Crippen LogP contribution in [-0.2, 0) is 12.8 Å². The Hall–Kier alpha value is -2.17. The van der Waals surface area contributed by atoms with Gasteiger partial charge in [0.15, 0.2) is 0 Å². The minimum Gasteiger partial charge on any atom is -0.288 e. The van der Waals surface area contributed by atoms with Crippen LogP contribution in [0.25, 0.3) is 5.70 Å². The average molecular weight is 368 g/mol. The van der Waals surface area contributed by atoms with Crippen molar-refractivity contribution in [3.8, 4) is 0 Å². The van der Waals surface area contributed by atoms with Crippen LogP contribution >= 0.6 is 11.6 Å². The fraction of sp³-hybridized carbons (Fsp3) is 0.333. The Morgan fingerprint density at radius 1 is 1.04 bits per heavy atom. The summed E-state index contributed by atoms with van der Waals surface area (Å²) < 4.78 is 0. The largest absolute Gasteiger partial charge is 0.288 e. The second-order valence-electron chi connectivity index (χ2n) is 6.86. The molecule has 1 N–H and O–H groups in total. The number of amidine groups is 1. The van der Waals surface area contributed by atoms with Crippen LogP contribution in [0.5, 0.6) is 0 Å². The predicted molar refractivity (Wildman–Crippen MR) is 104 cm³/mol. The van der Waals surface area contributed by atoms with Gasteiger partial charge in [0, 0.05) is 22.9 Å². The van der Waals surface area contributed by atoms with Crippen LogP contribution < -0.4 is 10.6 Å². The van der Waals surface area contributed by atoms with Gasteiger partial charge in [0.2, 0.25) is 0 Å². The molecule has 0 radical (unpaired) electrons. The van der Waals surface area contributed by atoms with Crippen molar-refractivity contribution in [1.82, 2.24) is 5.06 Å². The van der Waals surface area contributed by atoms with Crippen molar-refractivity contribution in [3.05, 3.63) is 68.7 Å². The van der Waals surface area contributed by atoms with Crippen LogP contribution in [0.2, 0.25) is 5.02 Å². The van der Waals surface area contributed by atoms with Crippen LogP contribution in [0.15, 0.2) is 46.4 Å². The van der Waals surface area contributed by atoms with Gasteiger partial charge in [-0.15, -0.1) is 0 Å². The molecule has 2 aliphatic rings. The number of nitrogens with zero attached hydrogens (tertiary/aromatic N) is 3. The lowest BCUT2D eigenvalue weighted by atomic mass is 9.98. The lowest BCUT2D eigenvalue weighted by Crippen LogP contribution is -2.32. The van der Waals surface area contributed by atoms with E-state index in [2.05, 4.69) is 28.2 Å². The number of aliphatic imine (C=N–C) groups is 1. The summed E-state index contributed by atoms with van der Waals surface area (Å²) in [6.45, 7) is 0.245. The summed E-state index contributed by atoms with van der Waals surface area (Å²) in [6.07, 6.45) is 5.98. The Morgan fingerprint density at radius 3 is 2.65 bits per heavy atom. The molecular weight excluding hydrogens is 346 g/mol. The first-order valence-corrected chi connectivity index (χ1v) is 9.46. The molecule has 1 heterocycles. The van der Waals surface area contributed by atoms with E-state index < -0.39 is 0 Å². The van der Waals surface area contributed by atoms with Crippen LogP contribution in [0, 0.1) is 0 Å². The third kappa shape index (κ3) is 3.27. The molecule has 1 aliphatic heterocycles. The zero-order valence-electron chi connectivity index (χ0n) is 14.9. The van der Waals surface area contributed by atoms with Gasteiger partial charge in [-0.05, 0) is 61.1 Å². The van der Waals surface area contributed by atoms with Crippen molar-refractivity contribution in [2.24, 2.45) is 9.98 Å². The first-order valence-electron chi connectivity index (χ1n) is 9.08. The van der Waals surface area contributed by atoms with Crippen molar-refractivity contribution < 1.29 is 5.21 Å². The normalized spacial score (nSPS) is 18.7. The topological polar surface area (TPSA) is 48.2 Å². The first-order chi connectivity index (χ1) is 12.7. The summed E-state index contributed by atoms with van der Waals surface area (Å²) in [5.74, 6) is 0.584. The van der Waals surface area contributed by atoms with Crippen LogP contribution in [-0.4, -0.2) is 29.7 Å². The molecule has 26 heavy (non-hydrogen) atoms. The quantitative estimate of drug-likeness (QED) is 0.787. The van der Waals surface area contributed by atoms with Gasteiger partial charge < -0.3 is 0 Å². The molecule has 4 rings (SSSR count). The number of hydroxylamine groups is 2. The summed E-state index contributed by atoms with van der Waals surface area (Å²) in [7, 11) is 1.69. The van der Waals surface area contributed by atoms with E-state index in [1.165, 1.54) is 35.5 Å². The van der Waals surface area contributed by atoms with Gasteiger partial charge in [-0.3, -0.25) is 10.2 Å². The van der Waals surface area contributed by atoms with Crippen molar-refractivity contribution in [2.75, 3.05) is 13.6 Å². The first kappa shape index (κ1) is 17.3. The third-order valence-electron chi connectivity index (χ3n) is 5.14. The van der Waals surface area contributed by atoms with E-state index in [1.54, 1.807) is 7.05 Å². The number of fused-ring (bicyclic) bond motifs is 2. The summed E-state index contributed by atoms with van der Waals surface area (Å²) in [6, 6.07) is 12.1. The minimum absolute atomic E-state index is 0.245. The molecule has 0 bridgehead atoms. The minimum atomic E-state index is 0.245. The van der Waals surface area contributed by atoms with Gasteiger partial charge in [0.25, 0.3) is 0 Å². The van der Waals surface area contributed by atoms with E-state index in [0.717, 1.165) is 34.7 Å². The molecule has 0 fully saturated rings. The summed E-state index contributed by atoms with van der Waals surface area (Å²) in [5.41, 5.74) is 4.54. The fourth-order valence-corrected chi connectivity index (χ4v) is 3.98. The van der Waals surface area contributed by atoms with Crippen molar-refractivity contribution >= 4 is 23.1 Å². The molecule has 0 saturated carbocycles. The SMILES string of the molecule is CN=C1CN(O)C(c2ccc3c(c2)CCCCC3)=c2cc(Cl)ccc2=N1. The maximum Gasteiger partial charge on any atom is 0.145 e. The number of halogens is 1. The van der Waals surface area contributed by atoms with Crippen LogP contribution in [0.1, 0.15) is 36.0 Å². The summed E-state index contributed by atoms with van der Waals surface area (Å²) >= 11 is 6.25. The number of aryl methyl sites for hydroxylation is 2. The zero-order valence-corrected chi connectivity index (χ0v) is 15.6. The van der Waals surface area contributed by atoms with Gasteiger partial charge >= 0.3 is 0 Å². The maximum atomic E-state index is 10.8. The molecular formula is C21H22ClN3O. The Bertz CT molecular complexity index is 997. The standard InChI is InChI=1S/C21H22ClN3O/c1-23-20-13-25(26)21(18-12-17(22)9-10-19(18)24-20)16-8-7-14-5-3-2-4-6-15(14)11-16/h7-12,26H,2-6,13H2,1H3. The number of hydrogen-bond acceptors (Lipinski definition) is 3. The molecule has 4 nitrogen and oxygen atoms in total. The second-order valence-corrected chi connectivity index (χ2v) is 7.30. The van der Waals surface area contributed by atoms with E-state index in [4.69, 9.17) is 11.6 Å². The van der Waals surface area contributed by atoms with Crippen molar-refractivity contribution in [3.63, 3.8) is 0 Å². The smallest absolute Gasteiger partial charge is 0.145 e. The van der Waals surface area contributed by atoms with Gasteiger partial charge in [0.1, 0.15) is 12.4 Å². The highest BCUT2D eigenvalue weighted by Gasteiger charge is 2.19. The Morgan fingerprint density at radius 2 is 1.85 bits per heavy atom. The lowest BCUT2D eigenvalue weighted by Gasteiger charge is -2.20. The number of benzene rings is 2. The van der Waals surface area contributed by atoms with E-state index in [-0.39, 0.29) is 6.54 Å². The number of hydrogen-bond donors (Lipinski definition) is 1. The summed E-state index contributed by atoms with van der Waals surface area (Å²) in [5, 5.41) is 14.3. The Balaban J connectivity index is 1.98. The number of rotatable bonds is 1. The highest BCUT2D eigenvalue weighted by Crippen LogP contribution is 2.25. The molecule has 0 saturated heterocycles. The lowest BCUT2D eigenvalue weighted by molar-refractivity contribution is -0.0119. The van der Waals surface area contributed by atoms with Crippen LogP contribution in [0.3, 0.4) is 0 Å². The third-order valence-corrected chi connectivity index (χ3v) is 5.38. The van der Waals surface area contributed by atoms with E-state index in [0.29, 0.717) is 10.9 Å². The van der Waals surface area contributed by atoms with Gasteiger partial charge in [0.05, 0.1) is 11.1 Å². The molecule has 0 unspecified atom stereocenters. The van der Waals surface area contributed by atoms with E-state index in [1.807, 2.05) is 18.2 Å². The Labute approximate surface area is 158 Å².